The van der Waals surface area contributed by atoms with Crippen molar-refractivity contribution >= 4 is 29.0 Å². The third-order valence-corrected chi connectivity index (χ3v) is 4.06. The summed E-state index contributed by atoms with van der Waals surface area (Å²) in [6.45, 7) is 1.33. The van der Waals surface area contributed by atoms with Crippen LogP contribution in [0.15, 0.2) is 62.8 Å². The number of esters is 1. The van der Waals surface area contributed by atoms with Crippen molar-refractivity contribution in [3.8, 4) is 11.4 Å². The van der Waals surface area contributed by atoms with Crippen LogP contribution in [0.2, 0.25) is 0 Å². The van der Waals surface area contributed by atoms with Gasteiger partial charge >= 0.3 is 11.6 Å². The van der Waals surface area contributed by atoms with Gasteiger partial charge in [-0.3, -0.25) is 14.1 Å². The predicted molar refractivity (Wildman–Crippen MR) is 103 cm³/mol. The molecule has 2 aromatic carbocycles. The van der Waals surface area contributed by atoms with E-state index in [2.05, 4.69) is 19.8 Å². The molecule has 0 aliphatic carbocycles. The highest BCUT2D eigenvalue weighted by molar-refractivity contribution is 5.81. The molecule has 144 valence electrons. The first kappa shape index (κ1) is 18.1. The number of fused-ring (bicyclic) bond motifs is 1. The molecule has 9 heteroatoms. The van der Waals surface area contributed by atoms with E-state index in [-0.39, 0.29) is 5.56 Å². The van der Waals surface area contributed by atoms with Crippen LogP contribution in [0.4, 0.5) is 0 Å². The normalized spacial score (nSPS) is 11.2. The van der Waals surface area contributed by atoms with E-state index in [0.717, 1.165) is 0 Å². The minimum Gasteiger partial charge on any atom is -0.426 e. The van der Waals surface area contributed by atoms with Gasteiger partial charge in [-0.2, -0.15) is 0 Å². The number of nitrogens with one attached hydrogen (secondary N) is 2. The molecule has 2 aromatic heterocycles. The highest BCUT2D eigenvalue weighted by Gasteiger charge is 2.13. The fraction of sp³-hybridized carbons (Fsp3) is 0.0500. The summed E-state index contributed by atoms with van der Waals surface area (Å²) in [5.74, 6) is 0.336. The Morgan fingerprint density at radius 2 is 2.00 bits per heavy atom. The molecule has 4 aromatic rings. The van der Waals surface area contributed by atoms with E-state index >= 15 is 0 Å². The number of para-hydroxylation sites is 1. The topological polar surface area (TPSA) is 122 Å². The molecule has 4 rings (SSSR count). The summed E-state index contributed by atoms with van der Waals surface area (Å²) in [4.78, 5) is 42.0. The highest BCUT2D eigenvalue weighted by atomic mass is 16.5. The average Bonchev–Trinajstić information content (AvgIpc) is 3.13. The van der Waals surface area contributed by atoms with Crippen LogP contribution >= 0.6 is 0 Å². The standard InChI is InChI=1S/C20H14N4O5/c1-12(25)28-17-5-3-2-4-13(17)6-9-18-21-16-8-7-14(10-15(16)20(27)22-18)24-11-19(26)29-23-24/h2-11H,1H3,(H-,21,22,23,26,27)/p+1/b9-6-. The van der Waals surface area contributed by atoms with Gasteiger partial charge in [-0.25, -0.2) is 9.78 Å². The van der Waals surface area contributed by atoms with Gasteiger partial charge in [0.15, 0.2) is 0 Å². The van der Waals surface area contributed by atoms with Gasteiger partial charge in [0.25, 0.3) is 11.8 Å². The first-order chi connectivity index (χ1) is 14.0. The Bertz CT molecular complexity index is 1360. The Kier molecular flexibility index (Phi) is 4.62. The second-order valence-corrected chi connectivity index (χ2v) is 6.13. The smallest absolute Gasteiger partial charge is 0.426 e. The van der Waals surface area contributed by atoms with Crippen LogP contribution in [0.3, 0.4) is 0 Å². The zero-order valence-corrected chi connectivity index (χ0v) is 15.2. The van der Waals surface area contributed by atoms with Gasteiger partial charge in [-0.15, -0.1) is 0 Å². The van der Waals surface area contributed by atoms with Crippen LogP contribution < -0.4 is 20.6 Å². The minimum absolute atomic E-state index is 0.337. The molecule has 0 saturated carbocycles. The SMILES string of the molecule is CC(=O)Oc1ccccc1/C=C\c1nc2ccc(-[n+]3cc(=O)o[nH]3)cc2c(=O)[nH]1. The van der Waals surface area contributed by atoms with Crippen molar-refractivity contribution in [1.82, 2.24) is 15.2 Å². The van der Waals surface area contributed by atoms with E-state index in [4.69, 9.17) is 4.74 Å². The van der Waals surface area contributed by atoms with Crippen LogP contribution in [0.5, 0.6) is 5.75 Å². The second kappa shape index (κ2) is 7.39. The minimum atomic E-state index is -0.536. The van der Waals surface area contributed by atoms with E-state index in [9.17, 15) is 14.4 Å². The zero-order chi connectivity index (χ0) is 20.4. The van der Waals surface area contributed by atoms with E-state index in [1.807, 2.05) is 6.07 Å². The number of hydrogen-bond donors (Lipinski definition) is 2. The number of rotatable bonds is 4. The second-order valence-electron chi connectivity index (χ2n) is 6.13. The number of nitrogens with zero attached hydrogens (tertiary/aromatic N) is 2. The van der Waals surface area contributed by atoms with E-state index in [1.165, 1.54) is 17.8 Å². The molecule has 0 atom stereocenters. The van der Waals surface area contributed by atoms with Crippen LogP contribution in [-0.4, -0.2) is 21.2 Å². The molecule has 0 aliphatic rings. The number of ether oxygens (including phenoxy) is 1. The van der Waals surface area contributed by atoms with E-state index < -0.39 is 11.6 Å². The molecule has 0 bridgehead atoms. The largest absolute Gasteiger partial charge is 0.427 e. The number of carbonyl (C=O) groups excluding carboxylic acids is 1. The number of benzene rings is 2. The third-order valence-electron chi connectivity index (χ3n) is 4.06. The Balaban J connectivity index is 1.69. The molecule has 0 unspecified atom stereocenters. The number of aromatic nitrogens is 4. The lowest BCUT2D eigenvalue weighted by Gasteiger charge is -2.04. The van der Waals surface area contributed by atoms with Crippen LogP contribution in [0, 0.1) is 0 Å². The predicted octanol–water partition coefficient (Wildman–Crippen LogP) is 1.58. The Labute approximate surface area is 162 Å². The lowest BCUT2D eigenvalue weighted by Crippen LogP contribution is -2.32. The van der Waals surface area contributed by atoms with Gasteiger partial charge in [0.05, 0.1) is 10.9 Å². The molecule has 0 spiro atoms. The van der Waals surface area contributed by atoms with Gasteiger partial charge < -0.3 is 9.72 Å². The molecule has 0 saturated heterocycles. The fourth-order valence-corrected chi connectivity index (χ4v) is 2.79. The van der Waals surface area contributed by atoms with Crippen molar-refractivity contribution in [1.29, 1.82) is 0 Å². The van der Waals surface area contributed by atoms with Crippen molar-refractivity contribution in [3.63, 3.8) is 0 Å². The summed E-state index contributed by atoms with van der Waals surface area (Å²) in [7, 11) is 0. The van der Waals surface area contributed by atoms with Crippen LogP contribution in [0.1, 0.15) is 18.3 Å². The molecular formula is C20H15N4O5+. The molecule has 0 fully saturated rings. The molecule has 9 nitrogen and oxygen atoms in total. The lowest BCUT2D eigenvalue weighted by molar-refractivity contribution is -0.670. The number of hydrogen-bond acceptors (Lipinski definition) is 6. The van der Waals surface area contributed by atoms with Gasteiger partial charge in [0, 0.05) is 24.6 Å². The van der Waals surface area contributed by atoms with Crippen molar-refractivity contribution in [2.45, 2.75) is 6.92 Å². The molecule has 0 amide bonds. The zero-order valence-electron chi connectivity index (χ0n) is 15.2. The third kappa shape index (κ3) is 3.88. The average molecular weight is 391 g/mol. The number of H-pyrrole nitrogens is 2. The summed E-state index contributed by atoms with van der Waals surface area (Å²) in [5.41, 5.74) is 0.829. The van der Waals surface area contributed by atoms with Gasteiger partial charge in [-0.05, 0) is 34.2 Å². The summed E-state index contributed by atoms with van der Waals surface area (Å²) in [6, 6.07) is 12.0. The molecular weight excluding hydrogens is 376 g/mol. The fourth-order valence-electron chi connectivity index (χ4n) is 2.79. The van der Waals surface area contributed by atoms with Crippen molar-refractivity contribution in [2.24, 2.45) is 0 Å². The Morgan fingerprint density at radius 3 is 2.76 bits per heavy atom. The quantitative estimate of drug-likeness (QED) is 0.309. The maximum absolute atomic E-state index is 12.5. The van der Waals surface area contributed by atoms with Crippen molar-refractivity contribution in [2.75, 3.05) is 0 Å². The van der Waals surface area contributed by atoms with Gasteiger partial charge in [0.1, 0.15) is 11.6 Å². The molecule has 2 N–H and O–H groups in total. The first-order valence-corrected chi connectivity index (χ1v) is 8.60. The number of carbonyl (C=O) groups is 1. The summed E-state index contributed by atoms with van der Waals surface area (Å²) in [5, 5.41) is 2.78. The Morgan fingerprint density at radius 1 is 1.17 bits per heavy atom. The highest BCUT2D eigenvalue weighted by Crippen LogP contribution is 2.20. The lowest BCUT2D eigenvalue weighted by atomic mass is 10.2. The van der Waals surface area contributed by atoms with Crippen LogP contribution in [0.25, 0.3) is 28.7 Å². The summed E-state index contributed by atoms with van der Waals surface area (Å²) >= 11 is 0. The van der Waals surface area contributed by atoms with Crippen molar-refractivity contribution < 1.29 is 18.7 Å². The monoisotopic (exact) mass is 391 g/mol. The summed E-state index contributed by atoms with van der Waals surface area (Å²) in [6.07, 6.45) is 4.54. The van der Waals surface area contributed by atoms with Gasteiger partial charge in [0.2, 0.25) is 5.69 Å². The molecule has 0 aliphatic heterocycles. The molecule has 2 heterocycles. The maximum atomic E-state index is 12.5. The Hall–Kier alpha value is -4.27. The molecule has 29 heavy (non-hydrogen) atoms. The molecule has 0 radical (unpaired) electrons. The van der Waals surface area contributed by atoms with E-state index in [1.54, 1.807) is 48.6 Å². The maximum Gasteiger partial charge on any atom is 0.427 e. The number of aromatic amines is 2. The van der Waals surface area contributed by atoms with Crippen molar-refractivity contribution in [3.05, 3.63) is 80.8 Å². The van der Waals surface area contributed by atoms with Crippen LogP contribution in [-0.2, 0) is 4.79 Å². The van der Waals surface area contributed by atoms with Gasteiger partial charge in [-0.1, -0.05) is 18.2 Å². The van der Waals surface area contributed by atoms with E-state index in [0.29, 0.717) is 33.7 Å². The summed E-state index contributed by atoms with van der Waals surface area (Å²) < 4.78 is 11.2. The first-order valence-electron chi connectivity index (χ1n) is 8.60.